The molecule has 8 heteroatoms. The van der Waals surface area contributed by atoms with Gasteiger partial charge in [-0.15, -0.1) is 0 Å². The minimum atomic E-state index is -3.08. The smallest absolute Gasteiger partial charge is 0.225 e. The zero-order valence-corrected chi connectivity index (χ0v) is 11.8. The highest BCUT2D eigenvalue weighted by molar-refractivity contribution is 9.10. The minimum Gasteiger partial charge on any atom is -0.338 e. The Balaban J connectivity index is 2.02. The second-order valence-corrected chi connectivity index (χ2v) is 6.75. The molecular weight excluding hydrogens is 308 g/mol. The first-order valence-corrected chi connectivity index (χ1v) is 7.78. The van der Waals surface area contributed by atoms with Gasteiger partial charge in [0.05, 0.1) is 10.7 Å². The molecule has 1 aliphatic rings. The van der Waals surface area contributed by atoms with E-state index in [2.05, 4.69) is 25.9 Å². The van der Waals surface area contributed by atoms with Crippen LogP contribution in [-0.2, 0) is 10.0 Å². The molecule has 0 atom stereocenters. The molecule has 1 aliphatic heterocycles. The van der Waals surface area contributed by atoms with Crippen LogP contribution in [0.1, 0.15) is 0 Å². The minimum absolute atomic E-state index is 0.484. The van der Waals surface area contributed by atoms with Crippen LogP contribution in [0.3, 0.4) is 0 Å². The number of hydrogen-bond acceptors (Lipinski definition) is 5. The van der Waals surface area contributed by atoms with E-state index in [0.29, 0.717) is 32.1 Å². The van der Waals surface area contributed by atoms with E-state index in [9.17, 15) is 8.42 Å². The summed E-state index contributed by atoms with van der Waals surface area (Å²) in [7, 11) is -3.08. The monoisotopic (exact) mass is 320 g/mol. The number of rotatable bonds is 2. The van der Waals surface area contributed by atoms with Crippen molar-refractivity contribution in [3.05, 3.63) is 16.9 Å². The summed E-state index contributed by atoms with van der Waals surface area (Å²) in [5.41, 5.74) is 0. The number of aromatic nitrogens is 2. The molecule has 1 aromatic rings. The molecule has 1 fully saturated rings. The second-order valence-electron chi connectivity index (χ2n) is 3.85. The summed E-state index contributed by atoms with van der Waals surface area (Å²) in [6.45, 7) is 2.21. The molecule has 0 radical (unpaired) electrons. The Hall–Kier alpha value is -0.730. The highest BCUT2D eigenvalue weighted by Crippen LogP contribution is 2.14. The lowest BCUT2D eigenvalue weighted by Crippen LogP contribution is -2.48. The van der Waals surface area contributed by atoms with Gasteiger partial charge in [-0.2, -0.15) is 4.31 Å². The standard InChI is InChI=1S/C9H13BrN4O2S/c1-17(15,16)14-4-2-13(3-5-14)9-11-6-8(10)7-12-9/h6-7H,2-5H2,1H3. The summed E-state index contributed by atoms with van der Waals surface area (Å²) in [5.74, 6) is 0.640. The topological polar surface area (TPSA) is 66.4 Å². The van der Waals surface area contributed by atoms with Crippen LogP contribution in [0.15, 0.2) is 16.9 Å². The van der Waals surface area contributed by atoms with Gasteiger partial charge in [-0.3, -0.25) is 0 Å². The number of nitrogens with zero attached hydrogens (tertiary/aromatic N) is 4. The Morgan fingerprint density at radius 1 is 1.18 bits per heavy atom. The molecule has 0 aliphatic carbocycles. The predicted octanol–water partition coefficient (Wildman–Crippen LogP) is 0.321. The van der Waals surface area contributed by atoms with Crippen molar-refractivity contribution in [2.75, 3.05) is 37.3 Å². The maximum absolute atomic E-state index is 11.3. The Labute approximate surface area is 109 Å². The molecule has 0 bridgehead atoms. The zero-order chi connectivity index (χ0) is 12.5. The van der Waals surface area contributed by atoms with Gasteiger partial charge in [-0.1, -0.05) is 0 Å². The quantitative estimate of drug-likeness (QED) is 0.785. The van der Waals surface area contributed by atoms with E-state index in [4.69, 9.17) is 0 Å². The van der Waals surface area contributed by atoms with Crippen molar-refractivity contribution >= 4 is 31.9 Å². The highest BCUT2D eigenvalue weighted by atomic mass is 79.9. The van der Waals surface area contributed by atoms with Crippen LogP contribution in [0.5, 0.6) is 0 Å². The maximum Gasteiger partial charge on any atom is 0.225 e. The van der Waals surface area contributed by atoms with E-state index < -0.39 is 10.0 Å². The first-order valence-electron chi connectivity index (χ1n) is 5.14. The maximum atomic E-state index is 11.3. The highest BCUT2D eigenvalue weighted by Gasteiger charge is 2.24. The summed E-state index contributed by atoms with van der Waals surface area (Å²) in [5, 5.41) is 0. The molecule has 0 saturated carbocycles. The van der Waals surface area contributed by atoms with Gasteiger partial charge in [-0.25, -0.2) is 18.4 Å². The van der Waals surface area contributed by atoms with Gasteiger partial charge >= 0.3 is 0 Å². The summed E-state index contributed by atoms with van der Waals surface area (Å²) in [6.07, 6.45) is 4.61. The molecule has 1 aromatic heterocycles. The van der Waals surface area contributed by atoms with Crippen molar-refractivity contribution in [1.82, 2.24) is 14.3 Å². The number of piperazine rings is 1. The largest absolute Gasteiger partial charge is 0.338 e. The van der Waals surface area contributed by atoms with E-state index in [1.54, 1.807) is 12.4 Å². The van der Waals surface area contributed by atoms with Crippen LogP contribution in [-0.4, -0.2) is 55.1 Å². The first-order chi connectivity index (χ1) is 7.97. The van der Waals surface area contributed by atoms with Gasteiger partial charge in [0.15, 0.2) is 0 Å². The summed E-state index contributed by atoms with van der Waals surface area (Å²) < 4.78 is 25.0. The van der Waals surface area contributed by atoms with Crippen molar-refractivity contribution < 1.29 is 8.42 Å². The molecule has 1 saturated heterocycles. The fourth-order valence-corrected chi connectivity index (χ4v) is 2.72. The molecular formula is C9H13BrN4O2S. The third kappa shape index (κ3) is 3.14. The van der Waals surface area contributed by atoms with Crippen LogP contribution in [0.25, 0.3) is 0 Å². The molecule has 0 amide bonds. The predicted molar refractivity (Wildman–Crippen MR) is 68.4 cm³/mol. The van der Waals surface area contributed by atoms with E-state index >= 15 is 0 Å². The summed E-state index contributed by atoms with van der Waals surface area (Å²) in [6, 6.07) is 0. The fourth-order valence-electron chi connectivity index (χ4n) is 1.69. The van der Waals surface area contributed by atoms with Gasteiger partial charge < -0.3 is 4.90 Å². The summed E-state index contributed by atoms with van der Waals surface area (Å²) in [4.78, 5) is 10.4. The molecule has 0 unspecified atom stereocenters. The third-order valence-electron chi connectivity index (χ3n) is 2.60. The molecule has 2 heterocycles. The van der Waals surface area contributed by atoms with Gasteiger partial charge in [-0.05, 0) is 15.9 Å². The van der Waals surface area contributed by atoms with Crippen LogP contribution in [0.2, 0.25) is 0 Å². The first kappa shape index (κ1) is 12.7. The van der Waals surface area contributed by atoms with Crippen LogP contribution in [0.4, 0.5) is 5.95 Å². The van der Waals surface area contributed by atoms with E-state index in [0.717, 1.165) is 4.47 Å². The average molecular weight is 321 g/mol. The molecule has 94 valence electrons. The Kier molecular flexibility index (Phi) is 3.64. The Morgan fingerprint density at radius 2 is 1.71 bits per heavy atom. The zero-order valence-electron chi connectivity index (χ0n) is 9.37. The van der Waals surface area contributed by atoms with Gasteiger partial charge in [0.2, 0.25) is 16.0 Å². The van der Waals surface area contributed by atoms with Gasteiger partial charge in [0.25, 0.3) is 0 Å². The third-order valence-corrected chi connectivity index (χ3v) is 4.31. The number of halogens is 1. The molecule has 6 nitrogen and oxygen atoms in total. The second kappa shape index (κ2) is 4.87. The van der Waals surface area contributed by atoms with Gasteiger partial charge in [0, 0.05) is 38.6 Å². The van der Waals surface area contributed by atoms with Crippen molar-refractivity contribution in [2.45, 2.75) is 0 Å². The molecule has 0 N–H and O–H groups in total. The van der Waals surface area contributed by atoms with E-state index in [-0.39, 0.29) is 0 Å². The molecule has 2 rings (SSSR count). The lowest BCUT2D eigenvalue weighted by molar-refractivity contribution is 0.385. The number of sulfonamides is 1. The van der Waals surface area contributed by atoms with E-state index in [1.807, 2.05) is 4.90 Å². The molecule has 0 spiro atoms. The van der Waals surface area contributed by atoms with Gasteiger partial charge in [0.1, 0.15) is 0 Å². The lowest BCUT2D eigenvalue weighted by Gasteiger charge is -2.33. The Morgan fingerprint density at radius 3 is 2.18 bits per heavy atom. The Bertz CT molecular complexity index is 482. The van der Waals surface area contributed by atoms with Crippen molar-refractivity contribution in [2.24, 2.45) is 0 Å². The SMILES string of the molecule is CS(=O)(=O)N1CCN(c2ncc(Br)cn2)CC1. The average Bonchev–Trinajstić information content (AvgIpc) is 2.29. The lowest BCUT2D eigenvalue weighted by atomic mass is 10.4. The van der Waals surface area contributed by atoms with Crippen molar-refractivity contribution in [3.8, 4) is 0 Å². The molecule has 17 heavy (non-hydrogen) atoms. The van der Waals surface area contributed by atoms with Crippen LogP contribution >= 0.6 is 15.9 Å². The fraction of sp³-hybridized carbons (Fsp3) is 0.556. The number of hydrogen-bond donors (Lipinski definition) is 0. The normalized spacial score (nSPS) is 18.4. The van der Waals surface area contributed by atoms with E-state index in [1.165, 1.54) is 10.6 Å². The van der Waals surface area contributed by atoms with Crippen molar-refractivity contribution in [3.63, 3.8) is 0 Å². The molecule has 0 aromatic carbocycles. The summed E-state index contributed by atoms with van der Waals surface area (Å²) >= 11 is 3.27. The van der Waals surface area contributed by atoms with Crippen molar-refractivity contribution in [1.29, 1.82) is 0 Å². The van der Waals surface area contributed by atoms with Crippen LogP contribution in [0, 0.1) is 0 Å². The number of anilines is 1. The van der Waals surface area contributed by atoms with Crippen LogP contribution < -0.4 is 4.90 Å².